The number of primary amides is 1. The summed E-state index contributed by atoms with van der Waals surface area (Å²) in [4.78, 5) is 23.7. The van der Waals surface area contributed by atoms with Crippen LogP contribution in [-0.2, 0) is 11.3 Å². The number of rotatable bonds is 6. The number of ether oxygens (including phenoxy) is 2. The Morgan fingerprint density at radius 3 is 2.69 bits per heavy atom. The van der Waals surface area contributed by atoms with Crippen LogP contribution in [0.3, 0.4) is 0 Å². The molecule has 4 N–H and O–H groups in total. The minimum absolute atomic E-state index is 0.0956. The number of nitrogens with two attached hydrogens (primary N) is 1. The van der Waals surface area contributed by atoms with Gasteiger partial charge in [0, 0.05) is 6.54 Å². The molecule has 0 fully saturated rings. The van der Waals surface area contributed by atoms with E-state index in [0.717, 1.165) is 16.7 Å². The van der Waals surface area contributed by atoms with Crippen LogP contribution in [0, 0.1) is 6.92 Å². The van der Waals surface area contributed by atoms with Crippen molar-refractivity contribution in [3.05, 3.63) is 59.2 Å². The van der Waals surface area contributed by atoms with E-state index in [-0.39, 0.29) is 19.1 Å². The molecular formula is C19H21N3O4. The van der Waals surface area contributed by atoms with Gasteiger partial charge >= 0.3 is 6.03 Å². The van der Waals surface area contributed by atoms with E-state index in [2.05, 4.69) is 10.6 Å². The van der Waals surface area contributed by atoms with Gasteiger partial charge in [-0.2, -0.15) is 0 Å². The lowest BCUT2D eigenvalue weighted by molar-refractivity contribution is -0.121. The molecule has 26 heavy (non-hydrogen) atoms. The van der Waals surface area contributed by atoms with Gasteiger partial charge in [0.1, 0.15) is 0 Å². The number of aryl methyl sites for hydroxylation is 1. The standard InChI is InChI=1S/C19H21N3O4/c1-12-4-2-3-5-14(12)15(22-19(20)24)9-18(23)21-10-13-6-7-16-17(8-13)26-11-25-16/h2-8,15H,9-11H2,1H3,(H,21,23)(H3,20,22,24). The average molecular weight is 355 g/mol. The van der Waals surface area contributed by atoms with Crippen LogP contribution < -0.4 is 25.8 Å². The lowest BCUT2D eigenvalue weighted by Crippen LogP contribution is -2.36. The van der Waals surface area contributed by atoms with Crippen LogP contribution in [0.15, 0.2) is 42.5 Å². The Morgan fingerprint density at radius 1 is 1.15 bits per heavy atom. The fraction of sp³-hybridized carbons (Fsp3) is 0.263. The van der Waals surface area contributed by atoms with E-state index < -0.39 is 12.1 Å². The number of hydrogen-bond donors (Lipinski definition) is 3. The van der Waals surface area contributed by atoms with Crippen molar-refractivity contribution in [1.82, 2.24) is 10.6 Å². The first-order valence-corrected chi connectivity index (χ1v) is 8.29. The number of nitrogens with one attached hydrogen (secondary N) is 2. The molecule has 1 unspecified atom stereocenters. The van der Waals surface area contributed by atoms with Crippen molar-refractivity contribution in [2.24, 2.45) is 5.73 Å². The van der Waals surface area contributed by atoms with Gasteiger partial charge in [-0.25, -0.2) is 4.79 Å². The molecule has 0 aliphatic carbocycles. The van der Waals surface area contributed by atoms with Crippen LogP contribution >= 0.6 is 0 Å². The number of carbonyl (C=O) groups is 2. The zero-order valence-electron chi connectivity index (χ0n) is 14.5. The molecule has 136 valence electrons. The van der Waals surface area contributed by atoms with Crippen LogP contribution in [-0.4, -0.2) is 18.7 Å². The van der Waals surface area contributed by atoms with Gasteiger partial charge in [-0.1, -0.05) is 30.3 Å². The summed E-state index contributed by atoms with van der Waals surface area (Å²) in [6, 6.07) is 11.9. The third-order valence-corrected chi connectivity index (χ3v) is 4.20. The zero-order chi connectivity index (χ0) is 18.5. The summed E-state index contributed by atoms with van der Waals surface area (Å²) < 4.78 is 10.6. The second kappa shape index (κ2) is 7.77. The molecule has 0 bridgehead atoms. The number of amides is 3. The van der Waals surface area contributed by atoms with Crippen LogP contribution in [0.4, 0.5) is 4.79 Å². The lowest BCUT2D eigenvalue weighted by Gasteiger charge is -2.19. The molecule has 2 aromatic carbocycles. The quantitative estimate of drug-likeness (QED) is 0.739. The molecular weight excluding hydrogens is 334 g/mol. The second-order valence-electron chi connectivity index (χ2n) is 6.09. The maximum Gasteiger partial charge on any atom is 0.312 e. The Morgan fingerprint density at radius 2 is 1.92 bits per heavy atom. The average Bonchev–Trinajstić information content (AvgIpc) is 3.07. The maximum atomic E-state index is 12.4. The van der Waals surface area contributed by atoms with E-state index in [1.807, 2.05) is 49.4 Å². The molecule has 1 aliphatic rings. The Hall–Kier alpha value is -3.22. The first-order valence-electron chi connectivity index (χ1n) is 8.29. The normalized spacial score (nSPS) is 13.1. The first-order chi connectivity index (χ1) is 12.5. The minimum atomic E-state index is -0.665. The Kier molecular flexibility index (Phi) is 5.26. The highest BCUT2D eigenvalue weighted by Gasteiger charge is 2.19. The number of urea groups is 1. The Bertz CT molecular complexity index is 822. The predicted octanol–water partition coefficient (Wildman–Crippen LogP) is 2.14. The molecule has 0 saturated carbocycles. The SMILES string of the molecule is Cc1ccccc1C(CC(=O)NCc1ccc2c(c1)OCO2)NC(N)=O. The van der Waals surface area contributed by atoms with Crippen LogP contribution in [0.25, 0.3) is 0 Å². The van der Waals surface area contributed by atoms with Crippen molar-refractivity contribution in [1.29, 1.82) is 0 Å². The molecule has 1 heterocycles. The van der Waals surface area contributed by atoms with Crippen molar-refractivity contribution < 1.29 is 19.1 Å². The number of carbonyl (C=O) groups excluding carboxylic acids is 2. The zero-order valence-corrected chi connectivity index (χ0v) is 14.5. The molecule has 3 amide bonds. The maximum absolute atomic E-state index is 12.4. The second-order valence-corrected chi connectivity index (χ2v) is 6.09. The van der Waals surface area contributed by atoms with Crippen molar-refractivity contribution in [3.63, 3.8) is 0 Å². The number of fused-ring (bicyclic) bond motifs is 1. The number of hydrogen-bond acceptors (Lipinski definition) is 4. The fourth-order valence-corrected chi connectivity index (χ4v) is 2.90. The third kappa shape index (κ3) is 4.24. The summed E-state index contributed by atoms with van der Waals surface area (Å²) in [5.41, 5.74) is 8.01. The number of benzene rings is 2. The van der Waals surface area contributed by atoms with Gasteiger partial charge in [0.2, 0.25) is 12.7 Å². The van der Waals surface area contributed by atoms with Crippen molar-refractivity contribution in [2.45, 2.75) is 25.9 Å². The minimum Gasteiger partial charge on any atom is -0.454 e. The van der Waals surface area contributed by atoms with Crippen LogP contribution in [0.5, 0.6) is 11.5 Å². The lowest BCUT2D eigenvalue weighted by atomic mass is 9.98. The molecule has 7 heteroatoms. The molecule has 0 aromatic heterocycles. The molecule has 0 saturated heterocycles. The van der Waals surface area contributed by atoms with Gasteiger partial charge in [-0.05, 0) is 35.7 Å². The first kappa shape index (κ1) is 17.6. The summed E-state index contributed by atoms with van der Waals surface area (Å²) in [5.74, 6) is 1.18. The molecule has 0 spiro atoms. The summed E-state index contributed by atoms with van der Waals surface area (Å²) >= 11 is 0. The van der Waals surface area contributed by atoms with E-state index in [9.17, 15) is 9.59 Å². The van der Waals surface area contributed by atoms with Gasteiger partial charge in [-0.3, -0.25) is 4.79 Å². The van der Waals surface area contributed by atoms with Crippen LogP contribution in [0.2, 0.25) is 0 Å². The summed E-state index contributed by atoms with van der Waals surface area (Å²) in [7, 11) is 0. The molecule has 0 radical (unpaired) electrons. The van der Waals surface area contributed by atoms with E-state index in [1.54, 1.807) is 0 Å². The van der Waals surface area contributed by atoms with Gasteiger partial charge in [0.05, 0.1) is 12.5 Å². The van der Waals surface area contributed by atoms with Crippen molar-refractivity contribution >= 4 is 11.9 Å². The topological polar surface area (TPSA) is 103 Å². The summed E-state index contributed by atoms with van der Waals surface area (Å²) in [6.45, 7) is 2.49. The van der Waals surface area contributed by atoms with Gasteiger partial charge in [-0.15, -0.1) is 0 Å². The largest absolute Gasteiger partial charge is 0.454 e. The summed E-state index contributed by atoms with van der Waals surface area (Å²) in [5, 5.41) is 5.50. The Labute approximate surface area is 151 Å². The summed E-state index contributed by atoms with van der Waals surface area (Å²) in [6.07, 6.45) is 0.0956. The van der Waals surface area contributed by atoms with E-state index in [4.69, 9.17) is 15.2 Å². The highest BCUT2D eigenvalue weighted by Crippen LogP contribution is 2.32. The molecule has 7 nitrogen and oxygen atoms in total. The van der Waals surface area contributed by atoms with E-state index >= 15 is 0 Å². The van der Waals surface area contributed by atoms with Crippen molar-refractivity contribution in [3.8, 4) is 11.5 Å². The molecule has 2 aromatic rings. The highest BCUT2D eigenvalue weighted by molar-refractivity contribution is 5.79. The third-order valence-electron chi connectivity index (χ3n) is 4.20. The molecule has 1 aliphatic heterocycles. The van der Waals surface area contributed by atoms with Gasteiger partial charge in [0.15, 0.2) is 11.5 Å². The monoisotopic (exact) mass is 355 g/mol. The van der Waals surface area contributed by atoms with Gasteiger partial charge < -0.3 is 25.8 Å². The highest BCUT2D eigenvalue weighted by atomic mass is 16.7. The van der Waals surface area contributed by atoms with E-state index in [1.165, 1.54) is 0 Å². The van der Waals surface area contributed by atoms with Gasteiger partial charge in [0.25, 0.3) is 0 Å². The predicted molar refractivity (Wildman–Crippen MR) is 95.7 cm³/mol. The van der Waals surface area contributed by atoms with Crippen molar-refractivity contribution in [2.75, 3.05) is 6.79 Å². The Balaban J connectivity index is 1.62. The molecule has 3 rings (SSSR count). The fourth-order valence-electron chi connectivity index (χ4n) is 2.90. The molecule has 1 atom stereocenters. The smallest absolute Gasteiger partial charge is 0.312 e. The van der Waals surface area contributed by atoms with Crippen LogP contribution in [0.1, 0.15) is 29.2 Å². The van der Waals surface area contributed by atoms with E-state index in [0.29, 0.717) is 18.0 Å².